The molecule has 100 valence electrons. The molecule has 7 nitrogen and oxygen atoms in total. The number of rotatable bonds is 6. The van der Waals surface area contributed by atoms with Crippen molar-refractivity contribution in [3.8, 4) is 0 Å². The van der Waals surface area contributed by atoms with Crippen LogP contribution in [0.3, 0.4) is 0 Å². The van der Waals surface area contributed by atoms with E-state index in [1.54, 1.807) is 11.6 Å². The summed E-state index contributed by atoms with van der Waals surface area (Å²) in [5.41, 5.74) is 0. The molecule has 0 saturated heterocycles. The van der Waals surface area contributed by atoms with Crippen LogP contribution in [0.15, 0.2) is 16.6 Å². The number of hydrogen-bond donors (Lipinski definition) is 1. The van der Waals surface area contributed by atoms with Gasteiger partial charge in [0.25, 0.3) is 10.0 Å². The van der Waals surface area contributed by atoms with Crippen LogP contribution in [0, 0.1) is 0 Å². The summed E-state index contributed by atoms with van der Waals surface area (Å²) in [5.74, 6) is 0. The molecule has 0 bridgehead atoms. The molecule has 18 heavy (non-hydrogen) atoms. The lowest BCUT2D eigenvalue weighted by Gasteiger charge is -2.06. The average molecular weight is 312 g/mol. The number of nitrogens with zero attached hydrogens (tertiary/aromatic N) is 2. The van der Waals surface area contributed by atoms with Crippen LogP contribution in [0.4, 0.5) is 0 Å². The van der Waals surface area contributed by atoms with Gasteiger partial charge in [0.2, 0.25) is 0 Å². The van der Waals surface area contributed by atoms with Gasteiger partial charge in [-0.15, -0.1) is 11.3 Å². The Kier molecular flexibility index (Phi) is 4.20. The summed E-state index contributed by atoms with van der Waals surface area (Å²) >= 11 is 7.09. The van der Waals surface area contributed by atoms with Gasteiger partial charge in [0.15, 0.2) is 15.1 Å². The van der Waals surface area contributed by atoms with Crippen molar-refractivity contribution in [3.05, 3.63) is 16.7 Å². The second-order valence-corrected chi connectivity index (χ2v) is 5.98. The van der Waals surface area contributed by atoms with Crippen LogP contribution in [0.1, 0.15) is 0 Å². The van der Waals surface area contributed by atoms with Crippen molar-refractivity contribution >= 4 is 37.9 Å². The summed E-state index contributed by atoms with van der Waals surface area (Å²) in [7, 11) is -2.39. The second-order valence-electron chi connectivity index (χ2n) is 3.19. The summed E-state index contributed by atoms with van der Waals surface area (Å²) in [6.07, 6.45) is 1.57. The van der Waals surface area contributed by atoms with Crippen LogP contribution < -0.4 is 4.89 Å². The van der Waals surface area contributed by atoms with E-state index in [2.05, 4.69) is 4.98 Å². The van der Waals surface area contributed by atoms with E-state index in [0.29, 0.717) is 4.96 Å². The minimum absolute atomic E-state index is 0.0929. The molecule has 0 aromatic carbocycles. The Morgan fingerprint density at radius 1 is 1.56 bits per heavy atom. The molecule has 2 aromatic rings. The van der Waals surface area contributed by atoms with E-state index >= 15 is 0 Å². The van der Waals surface area contributed by atoms with E-state index in [4.69, 9.17) is 21.2 Å². The fourth-order valence-corrected chi connectivity index (χ4v) is 3.55. The molecular formula is C8H10ClN3O4S2. The van der Waals surface area contributed by atoms with Gasteiger partial charge in [-0.05, 0) is 0 Å². The fourth-order valence-electron chi connectivity index (χ4n) is 1.26. The predicted octanol–water partition coefficient (Wildman–Crippen LogP) is 0.905. The lowest BCUT2D eigenvalue weighted by Crippen LogP contribution is -2.26. The Bertz CT molecular complexity index is 636. The average Bonchev–Trinajstić information content (AvgIpc) is 2.83. The summed E-state index contributed by atoms with van der Waals surface area (Å²) in [6, 6.07) is 0. The smallest absolute Gasteiger partial charge is 0.281 e. The maximum absolute atomic E-state index is 12.0. The van der Waals surface area contributed by atoms with Gasteiger partial charge < -0.3 is 4.74 Å². The second kappa shape index (κ2) is 5.51. The Morgan fingerprint density at radius 2 is 2.33 bits per heavy atom. The predicted molar refractivity (Wildman–Crippen MR) is 66.2 cm³/mol. The van der Waals surface area contributed by atoms with E-state index in [1.807, 2.05) is 4.89 Å². The number of fused-ring (bicyclic) bond motifs is 1. The van der Waals surface area contributed by atoms with Crippen molar-refractivity contribution in [2.75, 3.05) is 20.3 Å². The third-order valence-corrected chi connectivity index (χ3v) is 4.36. The lowest BCUT2D eigenvalue weighted by molar-refractivity contribution is 0.0437. The van der Waals surface area contributed by atoms with E-state index in [9.17, 15) is 8.42 Å². The molecule has 0 saturated carbocycles. The zero-order valence-corrected chi connectivity index (χ0v) is 11.7. The first kappa shape index (κ1) is 13.7. The number of aromatic nitrogens is 2. The molecule has 2 heterocycles. The zero-order chi connectivity index (χ0) is 13.2. The minimum Gasteiger partial charge on any atom is -0.382 e. The van der Waals surface area contributed by atoms with Gasteiger partial charge in [0.1, 0.15) is 0 Å². The van der Waals surface area contributed by atoms with E-state index in [1.165, 1.54) is 22.8 Å². The highest BCUT2D eigenvalue weighted by molar-refractivity contribution is 7.89. The van der Waals surface area contributed by atoms with E-state index in [-0.39, 0.29) is 23.4 Å². The van der Waals surface area contributed by atoms with E-state index in [0.717, 1.165) is 0 Å². The molecule has 0 atom stereocenters. The highest BCUT2D eigenvalue weighted by Crippen LogP contribution is 2.24. The third kappa shape index (κ3) is 2.66. The largest absolute Gasteiger partial charge is 0.382 e. The normalized spacial score (nSPS) is 12.3. The molecule has 0 fully saturated rings. The van der Waals surface area contributed by atoms with Crippen molar-refractivity contribution in [1.82, 2.24) is 14.3 Å². The molecule has 2 rings (SSSR count). The van der Waals surface area contributed by atoms with Gasteiger partial charge in [0.05, 0.1) is 13.2 Å². The van der Waals surface area contributed by atoms with Crippen molar-refractivity contribution in [2.24, 2.45) is 0 Å². The molecule has 0 aliphatic heterocycles. The van der Waals surface area contributed by atoms with Gasteiger partial charge in [-0.2, -0.15) is 0 Å². The maximum atomic E-state index is 12.0. The Labute approximate surface area is 112 Å². The highest BCUT2D eigenvalue weighted by Gasteiger charge is 2.25. The van der Waals surface area contributed by atoms with Gasteiger partial charge in [0, 0.05) is 18.7 Å². The first-order chi connectivity index (χ1) is 8.56. The fraction of sp³-hybridized carbons (Fsp3) is 0.375. The molecule has 0 amide bonds. The van der Waals surface area contributed by atoms with Gasteiger partial charge in [-0.3, -0.25) is 9.24 Å². The summed E-state index contributed by atoms with van der Waals surface area (Å²) < 4.78 is 30.1. The number of imidazole rings is 1. The van der Waals surface area contributed by atoms with Gasteiger partial charge >= 0.3 is 0 Å². The number of sulfonamides is 1. The molecule has 0 radical (unpaired) electrons. The minimum atomic E-state index is -3.88. The van der Waals surface area contributed by atoms with Gasteiger partial charge in [-0.25, -0.2) is 13.4 Å². The van der Waals surface area contributed by atoms with Crippen LogP contribution in [-0.2, 0) is 19.6 Å². The maximum Gasteiger partial charge on any atom is 0.281 e. The number of hydrogen-bond acceptors (Lipinski definition) is 6. The Morgan fingerprint density at radius 3 is 3.06 bits per heavy atom. The summed E-state index contributed by atoms with van der Waals surface area (Å²) in [5, 5.41) is 1.48. The summed E-state index contributed by atoms with van der Waals surface area (Å²) in [6.45, 7) is 0.370. The van der Waals surface area contributed by atoms with Gasteiger partial charge in [-0.1, -0.05) is 16.5 Å². The molecule has 0 spiro atoms. The Balaban J connectivity index is 2.23. The molecule has 0 aliphatic carbocycles. The molecule has 1 N–H and O–H groups in total. The molecular weight excluding hydrogens is 302 g/mol. The monoisotopic (exact) mass is 311 g/mol. The SMILES string of the molecule is COCCONS(=O)(=O)c1c(Cl)nc2sccn12. The standard InChI is InChI=1S/C8H10ClN3O4S2/c1-15-3-4-16-11-18(13,14)7-6(9)10-8-12(7)2-5-17-8/h2,5,11H,3-4H2,1H3. The number of thiazole rings is 1. The third-order valence-electron chi connectivity index (χ3n) is 1.99. The van der Waals surface area contributed by atoms with Crippen molar-refractivity contribution < 1.29 is 18.0 Å². The van der Waals surface area contributed by atoms with Crippen LogP contribution in [-0.4, -0.2) is 38.1 Å². The topological polar surface area (TPSA) is 81.9 Å². The summed E-state index contributed by atoms with van der Waals surface area (Å²) in [4.78, 5) is 11.2. The molecule has 0 unspecified atom stereocenters. The van der Waals surface area contributed by atoms with Crippen LogP contribution >= 0.6 is 22.9 Å². The first-order valence-electron chi connectivity index (χ1n) is 4.80. The van der Waals surface area contributed by atoms with Crippen LogP contribution in [0.25, 0.3) is 4.96 Å². The highest BCUT2D eigenvalue weighted by atomic mass is 35.5. The number of ether oxygens (including phenoxy) is 1. The molecule has 0 aliphatic rings. The van der Waals surface area contributed by atoms with Crippen LogP contribution in [0.5, 0.6) is 0 Å². The van der Waals surface area contributed by atoms with Crippen molar-refractivity contribution in [2.45, 2.75) is 5.03 Å². The quantitative estimate of drug-likeness (QED) is 0.633. The van der Waals surface area contributed by atoms with Crippen LogP contribution in [0.2, 0.25) is 5.15 Å². The van der Waals surface area contributed by atoms with Crippen molar-refractivity contribution in [1.29, 1.82) is 0 Å². The van der Waals surface area contributed by atoms with Crippen molar-refractivity contribution in [3.63, 3.8) is 0 Å². The molecule has 2 aromatic heterocycles. The number of methoxy groups -OCH3 is 1. The number of halogens is 1. The van der Waals surface area contributed by atoms with E-state index < -0.39 is 10.0 Å². The zero-order valence-electron chi connectivity index (χ0n) is 9.29. The number of nitrogens with one attached hydrogen (secondary N) is 1. The molecule has 10 heteroatoms. The Hall–Kier alpha value is -0.710. The lowest BCUT2D eigenvalue weighted by atomic mass is 10.8. The first-order valence-corrected chi connectivity index (χ1v) is 7.54.